The third-order valence-electron chi connectivity index (χ3n) is 18.6. The summed E-state index contributed by atoms with van der Waals surface area (Å²) in [4.78, 5) is 129. The number of ether oxygens (including phenoxy) is 7. The van der Waals surface area contributed by atoms with E-state index in [1.807, 2.05) is 25.7 Å². The van der Waals surface area contributed by atoms with E-state index in [1.165, 1.54) is 47.0 Å². The summed E-state index contributed by atoms with van der Waals surface area (Å²) in [5.41, 5.74) is -2.54. The molecule has 0 spiro atoms. The maximum atomic E-state index is 15.8. The summed E-state index contributed by atoms with van der Waals surface area (Å²) in [6.07, 6.45) is 7.95. The minimum atomic E-state index is -1.35. The minimum absolute atomic E-state index is 0. The molecule has 2 amide bonds. The summed E-state index contributed by atoms with van der Waals surface area (Å²) < 4.78 is 88.7. The van der Waals surface area contributed by atoms with Gasteiger partial charge in [0.25, 0.3) is 0 Å². The van der Waals surface area contributed by atoms with Gasteiger partial charge in [-0.3, -0.25) is 24.0 Å². The van der Waals surface area contributed by atoms with Crippen LogP contribution in [0, 0.1) is 17.5 Å². The van der Waals surface area contributed by atoms with E-state index < -0.39 is 93.0 Å². The second-order valence-corrected chi connectivity index (χ2v) is 29.1. The Kier molecular flexibility index (Phi) is 26.5. The third-order valence-corrected chi connectivity index (χ3v) is 18.6. The van der Waals surface area contributed by atoms with Crippen molar-refractivity contribution in [2.24, 2.45) is 0 Å². The Morgan fingerprint density at radius 3 is 1.16 bits per heavy atom. The molecule has 3 aliphatic carbocycles. The van der Waals surface area contributed by atoms with Crippen molar-refractivity contribution in [3.63, 3.8) is 0 Å². The van der Waals surface area contributed by atoms with Crippen molar-refractivity contribution in [2.45, 2.75) is 169 Å². The molecule has 33 heteroatoms. The lowest BCUT2D eigenvalue weighted by molar-refractivity contribution is -0.141. The molecule has 6 aromatic rings. The first-order valence-electron chi connectivity index (χ1n) is 35.3. The molecule has 3 saturated heterocycles. The van der Waals surface area contributed by atoms with E-state index in [0.717, 1.165) is 63.3 Å². The number of esters is 2. The molecule has 108 heavy (non-hydrogen) atoms. The molecule has 590 valence electrons. The maximum Gasteiger partial charge on any atom is 0.410 e. The van der Waals surface area contributed by atoms with Crippen LogP contribution in [0.3, 0.4) is 0 Å². The second kappa shape index (κ2) is 34.3. The van der Waals surface area contributed by atoms with Gasteiger partial charge in [0.1, 0.15) is 51.6 Å². The number of amides is 2. The van der Waals surface area contributed by atoms with Crippen molar-refractivity contribution in [2.75, 3.05) is 115 Å². The van der Waals surface area contributed by atoms with Crippen LogP contribution >= 0.6 is 0 Å². The molecule has 6 aliphatic rings. The van der Waals surface area contributed by atoms with Gasteiger partial charge in [0.15, 0.2) is 34.7 Å². The number of hydrogen-bond donors (Lipinski definition) is 5. The highest BCUT2D eigenvalue weighted by Gasteiger charge is 2.40. The quantitative estimate of drug-likeness (QED) is 0.0419. The molecule has 3 aromatic heterocycles. The van der Waals surface area contributed by atoms with Crippen LogP contribution in [0.1, 0.15) is 170 Å². The molecule has 0 bridgehead atoms. The van der Waals surface area contributed by atoms with E-state index in [9.17, 15) is 58.2 Å². The van der Waals surface area contributed by atoms with E-state index in [4.69, 9.17) is 38.6 Å². The Labute approximate surface area is 621 Å². The van der Waals surface area contributed by atoms with Crippen LogP contribution in [-0.4, -0.2) is 216 Å². The molecule has 6 heterocycles. The first-order chi connectivity index (χ1) is 50.5. The Morgan fingerprint density at radius 2 is 0.870 bits per heavy atom. The predicted molar refractivity (Wildman–Crippen MR) is 395 cm³/mol. The van der Waals surface area contributed by atoms with E-state index in [-0.39, 0.29) is 119 Å². The fourth-order valence-electron chi connectivity index (χ4n) is 13.3. The Morgan fingerprint density at radius 1 is 0.519 bits per heavy atom. The van der Waals surface area contributed by atoms with E-state index in [0.29, 0.717) is 80.3 Å². The Hall–Kier alpha value is -10.3. The number of nitrogens with zero attached hydrogens (tertiary/aromatic N) is 8. The van der Waals surface area contributed by atoms with Crippen molar-refractivity contribution in [1.82, 2.24) is 28.8 Å². The zero-order chi connectivity index (χ0) is 78.6. The lowest BCUT2D eigenvalue weighted by Gasteiger charge is -2.41. The number of fused-ring (bicyclic) bond motifs is 3. The van der Waals surface area contributed by atoms with Gasteiger partial charge in [0, 0.05) is 114 Å². The zero-order valence-corrected chi connectivity index (χ0v) is 62.3. The highest BCUT2D eigenvalue weighted by atomic mass is 19.1. The number of pyridine rings is 3. The average molecular weight is 1520 g/mol. The second-order valence-electron chi connectivity index (χ2n) is 29.1. The summed E-state index contributed by atoms with van der Waals surface area (Å²) in [5.74, 6) is -6.44. The molecule has 3 atom stereocenters. The monoisotopic (exact) mass is 1520 g/mol. The SMILES string of the molecule is C.COC(=O)CCO.COc1c(N2CCN(C(=O)OC(C)(C)C)C(C)C2)c(F)cc2c(=O)c(C(=O)O)cn(C3CC3)c12.COc1c(N2CCN(C(=O)OC(C)(C)C)C(C)C2)c(F)cc2c(=O)c(C(=O)OCCC(=O)O)cn(C3CC3)c12.COc1c(N2CCNC(C)C2)c(F)cc2c(=O)c(C(=O)O)cn(C3CC3)c12. The van der Waals surface area contributed by atoms with Gasteiger partial charge in [-0.2, -0.15) is 0 Å². The van der Waals surface area contributed by atoms with Crippen molar-refractivity contribution >= 4 is 91.8 Å². The van der Waals surface area contributed by atoms with Crippen LogP contribution in [0.15, 0.2) is 51.2 Å². The molecule has 3 saturated carbocycles. The summed E-state index contributed by atoms with van der Waals surface area (Å²) in [5, 5.41) is 39.0. The van der Waals surface area contributed by atoms with Gasteiger partial charge in [-0.25, -0.2) is 37.1 Å². The first kappa shape index (κ1) is 83.3. The maximum absolute atomic E-state index is 15.8. The fraction of sp³-hybridized carbons (Fsp3) is 0.547. The van der Waals surface area contributed by atoms with Crippen molar-refractivity contribution in [3.8, 4) is 17.2 Å². The van der Waals surface area contributed by atoms with Crippen LogP contribution in [0.4, 0.5) is 39.8 Å². The number of aliphatic carboxylic acids is 1. The van der Waals surface area contributed by atoms with Gasteiger partial charge in [0.05, 0.1) is 80.6 Å². The summed E-state index contributed by atoms with van der Waals surface area (Å²) >= 11 is 0. The average Bonchev–Trinajstić information content (AvgIpc) is 1.19. The van der Waals surface area contributed by atoms with Gasteiger partial charge < -0.3 is 97.1 Å². The number of methoxy groups -OCH3 is 4. The number of aliphatic hydroxyl groups is 1. The standard InChI is InChI=1S/C27H34FN3O8.C24H30FN3O6.C19H22FN3O4.C4H8O3.CH4/c1-15-13-29(9-10-30(15)26(36)39-27(2,3)4)22-19(28)12-17-21(24(22)37-5)31(16-6-7-16)14-18(23(17)34)25(35)38-11-8-20(32)33;1-13-11-26(8-9-27(13)23(32)34-24(2,3)4)19-17(25)10-15-18(21(19)33-5)28(14-6-7-14)12-16(20(15)29)22(30)31;1-10-8-22(6-5-21-10)16-14(20)7-12-15(18(16)27-2)23(11-3-4-11)9-13(17(12)24)19(25)26;1-7-4(6)2-3-5;/h12,14-16H,6-11,13H2,1-5H3,(H,32,33);10,12-14H,6-9,11H2,1-5H3,(H,30,31);7,9-11,21H,3-6,8H2,1-2H3,(H,25,26);5H,2-3H2,1H3;1H4. The molecule has 5 N–H and O–H groups in total. The molecule has 0 radical (unpaired) electrons. The highest BCUT2D eigenvalue weighted by Crippen LogP contribution is 2.48. The Balaban J connectivity index is 0.000000197. The normalized spacial score (nSPS) is 17.9. The lowest BCUT2D eigenvalue weighted by Crippen LogP contribution is -2.55. The molecule has 30 nitrogen and oxygen atoms in total. The van der Waals surface area contributed by atoms with Crippen LogP contribution in [0.5, 0.6) is 17.2 Å². The van der Waals surface area contributed by atoms with Gasteiger partial charge in [-0.1, -0.05) is 7.43 Å². The molecule has 3 unspecified atom stereocenters. The first-order valence-corrected chi connectivity index (χ1v) is 35.3. The van der Waals surface area contributed by atoms with Crippen LogP contribution in [0.25, 0.3) is 32.7 Å². The van der Waals surface area contributed by atoms with Gasteiger partial charge >= 0.3 is 42.0 Å². The number of halogens is 3. The number of anilines is 3. The third kappa shape index (κ3) is 18.8. The fourth-order valence-corrected chi connectivity index (χ4v) is 13.3. The number of carboxylic acids is 3. The van der Waals surface area contributed by atoms with Crippen molar-refractivity contribution in [1.29, 1.82) is 0 Å². The molecule has 12 rings (SSSR count). The van der Waals surface area contributed by atoms with Crippen molar-refractivity contribution in [3.05, 3.63) is 102 Å². The number of aliphatic hydroxyl groups excluding tert-OH is 1. The molecule has 6 fully saturated rings. The number of rotatable bonds is 17. The minimum Gasteiger partial charge on any atom is -0.492 e. The summed E-state index contributed by atoms with van der Waals surface area (Å²) in [6.45, 7) is 19.9. The van der Waals surface area contributed by atoms with Crippen LogP contribution < -0.4 is 50.5 Å². The number of aromatic nitrogens is 3. The van der Waals surface area contributed by atoms with Crippen molar-refractivity contribution < 1.29 is 100 Å². The largest absolute Gasteiger partial charge is 0.492 e. The smallest absolute Gasteiger partial charge is 0.410 e. The van der Waals surface area contributed by atoms with Crippen LogP contribution in [0.2, 0.25) is 0 Å². The lowest BCUT2D eigenvalue weighted by atomic mass is 10.1. The molecule has 3 aliphatic heterocycles. The van der Waals surface area contributed by atoms with Gasteiger partial charge in [0.2, 0.25) is 16.3 Å². The molecule has 3 aromatic carbocycles. The Bertz CT molecular complexity index is 4610. The number of hydrogen-bond acceptors (Lipinski definition) is 22. The van der Waals surface area contributed by atoms with Gasteiger partial charge in [-0.05, 0) is 119 Å². The summed E-state index contributed by atoms with van der Waals surface area (Å²) in [6, 6.07) is 3.11. The van der Waals surface area contributed by atoms with Crippen LogP contribution in [-0.2, 0) is 28.5 Å². The van der Waals surface area contributed by atoms with E-state index in [2.05, 4.69) is 10.1 Å². The number of nitrogens with one attached hydrogen (secondary N) is 1. The number of aromatic carboxylic acids is 2. The van der Waals surface area contributed by atoms with E-state index in [1.54, 1.807) is 74.8 Å². The topological polar surface area (TPSA) is 359 Å². The van der Waals surface area contributed by atoms with Gasteiger partial charge in [-0.15, -0.1) is 0 Å². The zero-order valence-electron chi connectivity index (χ0n) is 62.3. The number of piperazine rings is 3. The number of benzene rings is 3. The predicted octanol–water partition coefficient (Wildman–Crippen LogP) is 9.35. The molecular formula is C75H98F3N9O21. The molecular weight excluding hydrogens is 1420 g/mol. The summed E-state index contributed by atoms with van der Waals surface area (Å²) in [7, 11) is 5.55. The van der Waals surface area contributed by atoms with E-state index >= 15 is 13.2 Å². The highest BCUT2D eigenvalue weighted by molar-refractivity contribution is 6.00. The number of carbonyl (C=O) groups is 7. The number of carboxylic acid groups (broad SMARTS) is 3. The number of carbonyl (C=O) groups excluding carboxylic acids is 4.